The molecule has 1 aliphatic heterocycles. The zero-order valence-corrected chi connectivity index (χ0v) is 17.0. The molecule has 8 nitrogen and oxygen atoms in total. The first kappa shape index (κ1) is 22.3. The van der Waals surface area contributed by atoms with Gasteiger partial charge in [0.1, 0.15) is 11.5 Å². The van der Waals surface area contributed by atoms with E-state index in [9.17, 15) is 28.1 Å². The first-order valence-corrected chi connectivity index (χ1v) is 9.68. The van der Waals surface area contributed by atoms with Crippen LogP contribution in [0.25, 0.3) is 0 Å². The molecule has 1 N–H and O–H groups in total. The minimum Gasteiger partial charge on any atom is -0.362 e. The Hall–Kier alpha value is -3.37. The van der Waals surface area contributed by atoms with Gasteiger partial charge in [-0.3, -0.25) is 14.9 Å². The fraction of sp³-hybridized carbons (Fsp3) is 0.400. The van der Waals surface area contributed by atoms with Gasteiger partial charge in [0.05, 0.1) is 10.5 Å². The van der Waals surface area contributed by atoms with Gasteiger partial charge >= 0.3 is 6.18 Å². The molecule has 2 aromatic rings. The van der Waals surface area contributed by atoms with Gasteiger partial charge in [0, 0.05) is 50.0 Å². The van der Waals surface area contributed by atoms with Gasteiger partial charge in [-0.1, -0.05) is 0 Å². The summed E-state index contributed by atoms with van der Waals surface area (Å²) in [4.78, 5) is 30.8. The molecule has 0 bridgehead atoms. The van der Waals surface area contributed by atoms with Crippen molar-refractivity contribution in [3.63, 3.8) is 0 Å². The standard InChI is InChI=1S/C20H22F3N5O3/c1-13(2)25-19(29)14-3-5-16(17(11-14)28(30)31)26-7-9-27(10-8-26)18-6-4-15(12-24-18)20(21,22)23/h3-6,11-13H,7-10H2,1-2H3,(H,25,29). The van der Waals surface area contributed by atoms with Gasteiger partial charge in [0.25, 0.3) is 11.6 Å². The molecule has 0 radical (unpaired) electrons. The number of rotatable bonds is 5. The average Bonchev–Trinajstić information content (AvgIpc) is 2.72. The number of carbonyl (C=O) groups is 1. The lowest BCUT2D eigenvalue weighted by Crippen LogP contribution is -2.47. The van der Waals surface area contributed by atoms with Crippen LogP contribution in [0.15, 0.2) is 36.5 Å². The molecule has 0 spiro atoms. The van der Waals surface area contributed by atoms with E-state index in [0.717, 1.165) is 12.3 Å². The molecule has 1 fully saturated rings. The van der Waals surface area contributed by atoms with Crippen molar-refractivity contribution in [2.45, 2.75) is 26.1 Å². The third-order valence-corrected chi connectivity index (χ3v) is 4.87. The predicted molar refractivity (Wildman–Crippen MR) is 109 cm³/mol. The molecule has 1 saturated heterocycles. The van der Waals surface area contributed by atoms with Crippen LogP contribution in [0.3, 0.4) is 0 Å². The SMILES string of the molecule is CC(C)NC(=O)c1ccc(N2CCN(c3ccc(C(F)(F)F)cn3)CC2)c([N+](=O)[O-])c1. The number of benzene rings is 1. The summed E-state index contributed by atoms with van der Waals surface area (Å²) in [7, 11) is 0. The molecule has 0 aliphatic carbocycles. The van der Waals surface area contributed by atoms with Crippen LogP contribution in [0.1, 0.15) is 29.8 Å². The van der Waals surface area contributed by atoms with Gasteiger partial charge in [-0.25, -0.2) is 4.98 Å². The second-order valence-corrected chi connectivity index (χ2v) is 7.47. The lowest BCUT2D eigenvalue weighted by atomic mass is 10.1. The molecular formula is C20H22F3N5O3. The van der Waals surface area contributed by atoms with E-state index >= 15 is 0 Å². The van der Waals surface area contributed by atoms with Gasteiger partial charge in [-0.05, 0) is 38.1 Å². The molecule has 1 aliphatic rings. The van der Waals surface area contributed by atoms with Crippen molar-refractivity contribution >= 4 is 23.1 Å². The molecule has 166 valence electrons. The normalized spacial score (nSPS) is 14.6. The molecule has 3 rings (SSSR count). The minimum atomic E-state index is -4.44. The maximum absolute atomic E-state index is 12.7. The summed E-state index contributed by atoms with van der Waals surface area (Å²) in [5, 5.41) is 14.3. The van der Waals surface area contributed by atoms with Crippen LogP contribution in [0.2, 0.25) is 0 Å². The molecule has 1 aromatic carbocycles. The number of aromatic nitrogens is 1. The predicted octanol–water partition coefficient (Wildman–Crippen LogP) is 3.47. The van der Waals surface area contributed by atoms with Crippen molar-refractivity contribution in [2.75, 3.05) is 36.0 Å². The molecule has 0 unspecified atom stereocenters. The molecule has 2 heterocycles. The van der Waals surface area contributed by atoms with Crippen molar-refractivity contribution in [2.24, 2.45) is 0 Å². The summed E-state index contributed by atoms with van der Waals surface area (Å²) in [6.07, 6.45) is -3.64. The third kappa shape index (κ3) is 5.22. The average molecular weight is 437 g/mol. The van der Waals surface area contributed by atoms with Crippen LogP contribution in [0, 0.1) is 10.1 Å². The molecule has 11 heteroatoms. The van der Waals surface area contributed by atoms with Crippen molar-refractivity contribution in [1.82, 2.24) is 10.3 Å². The van der Waals surface area contributed by atoms with Crippen LogP contribution in [-0.4, -0.2) is 48.0 Å². The van der Waals surface area contributed by atoms with E-state index in [0.29, 0.717) is 37.7 Å². The summed E-state index contributed by atoms with van der Waals surface area (Å²) >= 11 is 0. The van der Waals surface area contributed by atoms with Crippen molar-refractivity contribution < 1.29 is 22.9 Å². The van der Waals surface area contributed by atoms with Gasteiger partial charge < -0.3 is 15.1 Å². The van der Waals surface area contributed by atoms with E-state index in [-0.39, 0.29) is 23.2 Å². The van der Waals surface area contributed by atoms with Crippen LogP contribution < -0.4 is 15.1 Å². The zero-order chi connectivity index (χ0) is 22.8. The monoisotopic (exact) mass is 437 g/mol. The highest BCUT2D eigenvalue weighted by Gasteiger charge is 2.31. The maximum atomic E-state index is 12.7. The Morgan fingerprint density at radius 1 is 1.13 bits per heavy atom. The van der Waals surface area contributed by atoms with E-state index in [1.807, 2.05) is 9.80 Å². The molecular weight excluding hydrogens is 415 g/mol. The van der Waals surface area contributed by atoms with Crippen LogP contribution in [-0.2, 0) is 6.18 Å². The number of halogens is 3. The Morgan fingerprint density at radius 3 is 2.29 bits per heavy atom. The number of alkyl halides is 3. The lowest BCUT2D eigenvalue weighted by molar-refractivity contribution is -0.384. The Kier molecular flexibility index (Phi) is 6.32. The third-order valence-electron chi connectivity index (χ3n) is 4.87. The summed E-state index contributed by atoms with van der Waals surface area (Å²) < 4.78 is 38.1. The number of piperazine rings is 1. The van der Waals surface area contributed by atoms with E-state index in [1.165, 1.54) is 12.1 Å². The van der Waals surface area contributed by atoms with E-state index in [2.05, 4.69) is 10.3 Å². The Morgan fingerprint density at radius 2 is 1.77 bits per heavy atom. The molecule has 1 aromatic heterocycles. The number of amides is 1. The number of hydrogen-bond acceptors (Lipinski definition) is 6. The first-order chi connectivity index (χ1) is 14.6. The van der Waals surface area contributed by atoms with Crippen molar-refractivity contribution in [3.05, 3.63) is 57.8 Å². The fourth-order valence-electron chi connectivity index (χ4n) is 3.34. The van der Waals surface area contributed by atoms with Crippen molar-refractivity contribution in [1.29, 1.82) is 0 Å². The molecule has 31 heavy (non-hydrogen) atoms. The number of nitro groups is 1. The Bertz CT molecular complexity index is 956. The largest absolute Gasteiger partial charge is 0.417 e. The van der Waals surface area contributed by atoms with Crippen LogP contribution in [0.5, 0.6) is 0 Å². The topological polar surface area (TPSA) is 91.6 Å². The summed E-state index contributed by atoms with van der Waals surface area (Å²) in [6.45, 7) is 5.30. The number of nitrogens with one attached hydrogen (secondary N) is 1. The smallest absolute Gasteiger partial charge is 0.362 e. The highest BCUT2D eigenvalue weighted by Crippen LogP contribution is 2.32. The van der Waals surface area contributed by atoms with Gasteiger partial charge in [0.15, 0.2) is 0 Å². The highest BCUT2D eigenvalue weighted by molar-refractivity contribution is 5.96. The summed E-state index contributed by atoms with van der Waals surface area (Å²) in [6, 6.07) is 6.57. The Labute approximate surface area is 176 Å². The zero-order valence-electron chi connectivity index (χ0n) is 17.0. The highest BCUT2D eigenvalue weighted by atomic mass is 19.4. The number of nitro benzene ring substituents is 1. The van der Waals surface area contributed by atoms with Crippen molar-refractivity contribution in [3.8, 4) is 0 Å². The van der Waals surface area contributed by atoms with Crippen LogP contribution >= 0.6 is 0 Å². The number of pyridine rings is 1. The van der Waals surface area contributed by atoms with Gasteiger partial charge in [0.2, 0.25) is 0 Å². The fourth-order valence-corrected chi connectivity index (χ4v) is 3.34. The molecule has 0 atom stereocenters. The van der Waals surface area contributed by atoms with E-state index in [1.54, 1.807) is 26.0 Å². The second-order valence-electron chi connectivity index (χ2n) is 7.47. The first-order valence-electron chi connectivity index (χ1n) is 9.68. The number of nitrogens with zero attached hydrogens (tertiary/aromatic N) is 4. The Balaban J connectivity index is 1.72. The quantitative estimate of drug-likeness (QED) is 0.569. The van der Waals surface area contributed by atoms with Gasteiger partial charge in [-0.2, -0.15) is 13.2 Å². The van der Waals surface area contributed by atoms with E-state index < -0.39 is 16.7 Å². The number of hydrogen-bond donors (Lipinski definition) is 1. The molecule has 1 amide bonds. The summed E-state index contributed by atoms with van der Waals surface area (Å²) in [5.41, 5.74) is -0.382. The summed E-state index contributed by atoms with van der Waals surface area (Å²) in [5.74, 6) is 0.0331. The van der Waals surface area contributed by atoms with Crippen LogP contribution in [0.4, 0.5) is 30.4 Å². The maximum Gasteiger partial charge on any atom is 0.417 e. The lowest BCUT2D eigenvalue weighted by Gasteiger charge is -2.36. The second kappa shape index (κ2) is 8.78. The number of carbonyl (C=O) groups excluding carboxylic acids is 1. The number of anilines is 2. The minimum absolute atomic E-state index is 0.0990. The van der Waals surface area contributed by atoms with Gasteiger partial charge in [-0.15, -0.1) is 0 Å². The molecule has 0 saturated carbocycles. The van der Waals surface area contributed by atoms with E-state index in [4.69, 9.17) is 0 Å².